The second kappa shape index (κ2) is 6.29. The molecule has 3 aromatic rings. The predicted octanol–water partition coefficient (Wildman–Crippen LogP) is 1.21. The van der Waals surface area contributed by atoms with Crippen LogP contribution < -0.4 is 4.90 Å². The van der Waals surface area contributed by atoms with Crippen molar-refractivity contribution in [3.05, 3.63) is 53.5 Å². The molecule has 0 bridgehead atoms. The van der Waals surface area contributed by atoms with Gasteiger partial charge in [0.25, 0.3) is 0 Å². The van der Waals surface area contributed by atoms with Crippen LogP contribution in [0.3, 0.4) is 0 Å². The Morgan fingerprint density at radius 2 is 2.12 bits per heavy atom. The van der Waals surface area contributed by atoms with Crippen molar-refractivity contribution in [1.29, 1.82) is 0 Å². The van der Waals surface area contributed by atoms with E-state index in [1.807, 2.05) is 30.8 Å². The summed E-state index contributed by atoms with van der Waals surface area (Å²) in [5, 5.41) is 19.4. The molecule has 0 aliphatic carbocycles. The molecule has 3 aromatic heterocycles. The van der Waals surface area contributed by atoms with Crippen molar-refractivity contribution >= 4 is 5.82 Å². The molecule has 25 heavy (non-hydrogen) atoms. The van der Waals surface area contributed by atoms with Crippen LogP contribution in [0.1, 0.15) is 35.3 Å². The second-order valence-corrected chi connectivity index (χ2v) is 6.36. The van der Waals surface area contributed by atoms with Gasteiger partial charge in [-0.1, -0.05) is 0 Å². The van der Waals surface area contributed by atoms with Crippen molar-refractivity contribution in [1.82, 2.24) is 29.5 Å². The minimum absolute atomic E-state index is 0.649. The van der Waals surface area contributed by atoms with Crippen LogP contribution in [-0.4, -0.2) is 41.2 Å². The van der Waals surface area contributed by atoms with Gasteiger partial charge in [-0.2, -0.15) is 10.2 Å². The molecule has 0 amide bonds. The van der Waals surface area contributed by atoms with E-state index in [1.165, 1.54) is 0 Å². The molecule has 0 fully saturated rings. The number of hydrogen-bond donors (Lipinski definition) is 1. The first-order chi connectivity index (χ1) is 12.1. The molecule has 8 nitrogen and oxygen atoms in total. The first kappa shape index (κ1) is 15.8. The number of aliphatic hydroxyl groups excluding tert-OH is 1. The molecule has 0 spiro atoms. The zero-order valence-corrected chi connectivity index (χ0v) is 14.4. The number of hydrogen-bond acceptors (Lipinski definition) is 6. The Kier molecular flexibility index (Phi) is 3.96. The summed E-state index contributed by atoms with van der Waals surface area (Å²) < 4.78 is 3.65. The Balaban J connectivity index is 1.62. The molecular weight excluding hydrogens is 318 g/mol. The summed E-state index contributed by atoms with van der Waals surface area (Å²) in [6, 6.07) is 3.78. The Morgan fingerprint density at radius 1 is 1.24 bits per heavy atom. The third-order valence-electron chi connectivity index (χ3n) is 4.52. The molecule has 0 aromatic carbocycles. The monoisotopic (exact) mass is 339 g/mol. The molecule has 0 radical (unpaired) electrons. The van der Waals surface area contributed by atoms with Crippen LogP contribution in [-0.2, 0) is 20.1 Å². The van der Waals surface area contributed by atoms with Crippen LogP contribution >= 0.6 is 0 Å². The predicted molar refractivity (Wildman–Crippen MR) is 91.9 cm³/mol. The van der Waals surface area contributed by atoms with Crippen molar-refractivity contribution in [3.63, 3.8) is 0 Å². The maximum Gasteiger partial charge on any atom is 0.147 e. The molecule has 1 unspecified atom stereocenters. The van der Waals surface area contributed by atoms with E-state index < -0.39 is 6.10 Å². The lowest BCUT2D eigenvalue weighted by Crippen LogP contribution is -2.24. The third kappa shape index (κ3) is 3.00. The fourth-order valence-corrected chi connectivity index (χ4v) is 3.22. The van der Waals surface area contributed by atoms with E-state index in [0.717, 1.165) is 42.4 Å². The average molecular weight is 339 g/mol. The molecule has 0 saturated heterocycles. The molecule has 4 heterocycles. The second-order valence-electron chi connectivity index (χ2n) is 6.36. The quantitative estimate of drug-likeness (QED) is 0.772. The van der Waals surface area contributed by atoms with Crippen LogP contribution in [0.15, 0.2) is 30.7 Å². The zero-order valence-electron chi connectivity index (χ0n) is 14.4. The lowest BCUT2D eigenvalue weighted by atomic mass is 10.2. The lowest BCUT2D eigenvalue weighted by Gasteiger charge is -2.20. The van der Waals surface area contributed by atoms with Crippen molar-refractivity contribution < 1.29 is 5.11 Å². The maximum absolute atomic E-state index is 10.6. The minimum atomic E-state index is -0.779. The van der Waals surface area contributed by atoms with Gasteiger partial charge in [0.05, 0.1) is 35.5 Å². The average Bonchev–Trinajstić information content (AvgIpc) is 3.15. The van der Waals surface area contributed by atoms with Crippen LogP contribution in [0.25, 0.3) is 0 Å². The molecular formula is C17H21N7O. The van der Waals surface area contributed by atoms with E-state index in [4.69, 9.17) is 0 Å². The SMILES string of the molecule is Cc1cncc(N2CCCn3nc(C(O)c4ccnn4C)cc3C2)n1. The van der Waals surface area contributed by atoms with E-state index >= 15 is 0 Å². The first-order valence-corrected chi connectivity index (χ1v) is 8.38. The van der Waals surface area contributed by atoms with E-state index in [-0.39, 0.29) is 0 Å². The fourth-order valence-electron chi connectivity index (χ4n) is 3.22. The number of aromatic nitrogens is 6. The maximum atomic E-state index is 10.6. The molecule has 130 valence electrons. The van der Waals surface area contributed by atoms with Gasteiger partial charge >= 0.3 is 0 Å². The summed E-state index contributed by atoms with van der Waals surface area (Å²) >= 11 is 0. The van der Waals surface area contributed by atoms with Gasteiger partial charge in [-0.25, -0.2) is 4.98 Å². The van der Waals surface area contributed by atoms with Gasteiger partial charge < -0.3 is 10.0 Å². The van der Waals surface area contributed by atoms with Crippen LogP contribution in [0.4, 0.5) is 5.82 Å². The van der Waals surface area contributed by atoms with Crippen molar-refractivity contribution in [2.45, 2.75) is 32.5 Å². The number of fused-ring (bicyclic) bond motifs is 1. The highest BCUT2D eigenvalue weighted by atomic mass is 16.3. The van der Waals surface area contributed by atoms with Crippen molar-refractivity contribution in [2.75, 3.05) is 11.4 Å². The number of anilines is 1. The molecule has 1 N–H and O–H groups in total. The fraction of sp³-hybridized carbons (Fsp3) is 0.412. The van der Waals surface area contributed by atoms with E-state index in [0.29, 0.717) is 12.2 Å². The normalized spacial score (nSPS) is 15.7. The van der Waals surface area contributed by atoms with Gasteiger partial charge in [-0.05, 0) is 25.5 Å². The van der Waals surface area contributed by atoms with E-state index in [1.54, 1.807) is 23.3 Å². The molecule has 8 heteroatoms. The van der Waals surface area contributed by atoms with E-state index in [2.05, 4.69) is 25.1 Å². The van der Waals surface area contributed by atoms with Crippen LogP contribution in [0.5, 0.6) is 0 Å². The summed E-state index contributed by atoms with van der Waals surface area (Å²) in [5.41, 5.74) is 3.35. The molecule has 4 rings (SSSR count). The number of aryl methyl sites for hydroxylation is 3. The Hall–Kier alpha value is -2.74. The Labute approximate surface area is 145 Å². The Morgan fingerprint density at radius 3 is 2.88 bits per heavy atom. The summed E-state index contributed by atoms with van der Waals surface area (Å²) in [4.78, 5) is 11.0. The summed E-state index contributed by atoms with van der Waals surface area (Å²) in [6.07, 6.45) is 5.42. The highest BCUT2D eigenvalue weighted by Crippen LogP contribution is 2.24. The molecule has 1 aliphatic heterocycles. The molecule has 0 saturated carbocycles. The van der Waals surface area contributed by atoms with Crippen LogP contribution in [0.2, 0.25) is 0 Å². The summed E-state index contributed by atoms with van der Waals surface area (Å²) in [6.45, 7) is 4.37. The first-order valence-electron chi connectivity index (χ1n) is 8.38. The third-order valence-corrected chi connectivity index (χ3v) is 4.52. The number of nitrogens with zero attached hydrogens (tertiary/aromatic N) is 7. The summed E-state index contributed by atoms with van der Waals surface area (Å²) in [7, 11) is 1.82. The van der Waals surface area contributed by atoms with Crippen molar-refractivity contribution in [2.24, 2.45) is 7.05 Å². The highest BCUT2D eigenvalue weighted by Gasteiger charge is 2.22. The van der Waals surface area contributed by atoms with Gasteiger partial charge in [0.15, 0.2) is 0 Å². The standard InChI is InChI=1S/C17H21N7O/c1-12-9-18-10-16(20-12)23-6-3-7-24-13(11-23)8-14(21-24)17(25)15-4-5-19-22(15)2/h4-5,8-10,17,25H,3,6-7,11H2,1-2H3. The minimum Gasteiger partial charge on any atom is -0.380 e. The molecule has 1 aliphatic rings. The number of rotatable bonds is 3. The largest absolute Gasteiger partial charge is 0.380 e. The zero-order chi connectivity index (χ0) is 17.4. The number of aliphatic hydroxyl groups is 1. The van der Waals surface area contributed by atoms with Gasteiger partial charge in [0.1, 0.15) is 11.9 Å². The van der Waals surface area contributed by atoms with Gasteiger partial charge in [0.2, 0.25) is 0 Å². The van der Waals surface area contributed by atoms with Crippen molar-refractivity contribution in [3.8, 4) is 0 Å². The highest BCUT2D eigenvalue weighted by molar-refractivity contribution is 5.38. The van der Waals surface area contributed by atoms with E-state index in [9.17, 15) is 5.11 Å². The lowest BCUT2D eigenvalue weighted by molar-refractivity contribution is 0.203. The Bertz CT molecular complexity index is 885. The van der Waals surface area contributed by atoms with Gasteiger partial charge in [-0.15, -0.1) is 0 Å². The summed E-state index contributed by atoms with van der Waals surface area (Å²) in [5.74, 6) is 0.878. The topological polar surface area (TPSA) is 84.9 Å². The van der Waals surface area contributed by atoms with Gasteiger partial charge in [0, 0.05) is 32.5 Å². The van der Waals surface area contributed by atoms with Crippen LogP contribution in [0, 0.1) is 6.92 Å². The van der Waals surface area contributed by atoms with Gasteiger partial charge in [-0.3, -0.25) is 14.3 Å². The smallest absolute Gasteiger partial charge is 0.147 e. The molecule has 1 atom stereocenters.